The van der Waals surface area contributed by atoms with Gasteiger partial charge in [0, 0.05) is 25.7 Å². The highest BCUT2D eigenvalue weighted by Gasteiger charge is 2.35. The maximum atomic E-state index is 12.4. The van der Waals surface area contributed by atoms with Crippen molar-refractivity contribution < 1.29 is 13.2 Å². The van der Waals surface area contributed by atoms with E-state index < -0.39 is 18.3 Å². The lowest BCUT2D eigenvalue weighted by Crippen LogP contribution is -2.54. The summed E-state index contributed by atoms with van der Waals surface area (Å²) in [6.07, 6.45) is -2.80. The van der Waals surface area contributed by atoms with Crippen molar-refractivity contribution in [2.45, 2.75) is 19.1 Å². The Hall–Kier alpha value is -1.28. The molecule has 0 saturated carbocycles. The van der Waals surface area contributed by atoms with E-state index >= 15 is 0 Å². The first-order valence-electron chi connectivity index (χ1n) is 6.07. The molecular formula is C11H14ClF3N4O. The van der Waals surface area contributed by atoms with Gasteiger partial charge in [0.25, 0.3) is 5.56 Å². The molecule has 2 heterocycles. The standard InChI is InChI=1S/C11H14ClF3N4O/c1-7-5-18(2-3-19(7)6-11(13,14)15)8-4-16-17-10(20)9(8)12/h4,7H,2-3,5-6H2,1H3,(H,17,20). The zero-order chi connectivity index (χ0) is 14.9. The van der Waals surface area contributed by atoms with Gasteiger partial charge in [-0.25, -0.2) is 5.10 Å². The third-order valence-electron chi connectivity index (χ3n) is 3.27. The lowest BCUT2D eigenvalue weighted by Gasteiger charge is -2.41. The summed E-state index contributed by atoms with van der Waals surface area (Å²) in [6, 6.07) is -0.291. The summed E-state index contributed by atoms with van der Waals surface area (Å²) in [5.74, 6) is 0. The van der Waals surface area contributed by atoms with Crippen LogP contribution >= 0.6 is 11.6 Å². The molecule has 0 aromatic carbocycles. The van der Waals surface area contributed by atoms with Crippen LogP contribution in [0.2, 0.25) is 5.02 Å². The normalized spacial score (nSPS) is 21.2. The maximum absolute atomic E-state index is 12.4. The predicted octanol–water partition coefficient (Wildman–Crippen LogP) is 1.50. The van der Waals surface area contributed by atoms with Gasteiger partial charge in [0.15, 0.2) is 0 Å². The van der Waals surface area contributed by atoms with Gasteiger partial charge in [-0.1, -0.05) is 11.6 Å². The first-order valence-corrected chi connectivity index (χ1v) is 6.44. The Balaban J connectivity index is 2.09. The molecule has 1 aromatic rings. The van der Waals surface area contributed by atoms with E-state index in [2.05, 4.69) is 10.2 Å². The number of hydrogen-bond acceptors (Lipinski definition) is 4. The molecule has 1 aliphatic rings. The van der Waals surface area contributed by atoms with Crippen molar-refractivity contribution in [2.75, 3.05) is 31.1 Å². The van der Waals surface area contributed by atoms with Crippen LogP contribution in [0.1, 0.15) is 6.92 Å². The van der Waals surface area contributed by atoms with Crippen LogP contribution in [0.3, 0.4) is 0 Å². The SMILES string of the molecule is CC1CN(c2cn[nH]c(=O)c2Cl)CCN1CC(F)(F)F. The number of piperazine rings is 1. The molecule has 0 aliphatic carbocycles. The van der Waals surface area contributed by atoms with Crippen molar-refractivity contribution in [1.29, 1.82) is 0 Å². The Bertz CT molecular complexity index is 533. The lowest BCUT2D eigenvalue weighted by atomic mass is 10.2. The Kier molecular flexibility index (Phi) is 4.24. The highest BCUT2D eigenvalue weighted by molar-refractivity contribution is 6.32. The van der Waals surface area contributed by atoms with Gasteiger partial charge in [-0.2, -0.15) is 18.3 Å². The summed E-state index contributed by atoms with van der Waals surface area (Å²) >= 11 is 5.90. The van der Waals surface area contributed by atoms with Crippen molar-refractivity contribution in [3.63, 3.8) is 0 Å². The fourth-order valence-corrected chi connectivity index (χ4v) is 2.48. The van der Waals surface area contributed by atoms with Gasteiger partial charge in [0.2, 0.25) is 0 Å². The summed E-state index contributed by atoms with van der Waals surface area (Å²) in [6.45, 7) is 1.77. The summed E-state index contributed by atoms with van der Waals surface area (Å²) in [4.78, 5) is 14.5. The van der Waals surface area contributed by atoms with Gasteiger partial charge in [-0.15, -0.1) is 0 Å². The van der Waals surface area contributed by atoms with Crippen LogP contribution in [-0.2, 0) is 0 Å². The first kappa shape index (κ1) is 15.1. The second-order valence-electron chi connectivity index (χ2n) is 4.78. The molecule has 1 saturated heterocycles. The van der Waals surface area contributed by atoms with Crippen molar-refractivity contribution in [3.8, 4) is 0 Å². The van der Waals surface area contributed by atoms with E-state index in [1.165, 1.54) is 11.1 Å². The van der Waals surface area contributed by atoms with E-state index in [9.17, 15) is 18.0 Å². The molecule has 5 nitrogen and oxygen atoms in total. The monoisotopic (exact) mass is 310 g/mol. The average Bonchev–Trinajstić information content (AvgIpc) is 2.34. The number of nitrogens with zero attached hydrogens (tertiary/aromatic N) is 3. The molecule has 112 valence electrons. The maximum Gasteiger partial charge on any atom is 0.401 e. The van der Waals surface area contributed by atoms with Crippen LogP contribution in [0, 0.1) is 0 Å². The van der Waals surface area contributed by atoms with E-state index in [1.54, 1.807) is 11.8 Å². The van der Waals surface area contributed by atoms with Gasteiger partial charge < -0.3 is 4.90 Å². The minimum Gasteiger partial charge on any atom is -0.366 e. The third-order valence-corrected chi connectivity index (χ3v) is 3.63. The number of anilines is 1. The number of rotatable bonds is 2. The summed E-state index contributed by atoms with van der Waals surface area (Å²) in [5.41, 5.74) is -0.0523. The fourth-order valence-electron chi connectivity index (χ4n) is 2.27. The molecule has 0 spiro atoms. The number of hydrogen-bond donors (Lipinski definition) is 1. The molecule has 0 amide bonds. The molecule has 0 bridgehead atoms. The molecule has 0 radical (unpaired) electrons. The zero-order valence-corrected chi connectivity index (χ0v) is 11.5. The lowest BCUT2D eigenvalue weighted by molar-refractivity contribution is -0.150. The molecule has 2 rings (SSSR count). The van der Waals surface area contributed by atoms with Gasteiger partial charge in [-0.3, -0.25) is 9.69 Å². The van der Waals surface area contributed by atoms with Crippen LogP contribution in [0.4, 0.5) is 18.9 Å². The van der Waals surface area contributed by atoms with Crippen LogP contribution in [-0.4, -0.2) is 53.5 Å². The quantitative estimate of drug-likeness (QED) is 0.899. The summed E-state index contributed by atoms with van der Waals surface area (Å²) in [5, 5.41) is 5.88. The summed E-state index contributed by atoms with van der Waals surface area (Å²) in [7, 11) is 0. The smallest absolute Gasteiger partial charge is 0.366 e. The topological polar surface area (TPSA) is 52.2 Å². The van der Waals surface area contributed by atoms with E-state index in [0.29, 0.717) is 18.8 Å². The van der Waals surface area contributed by atoms with Gasteiger partial charge >= 0.3 is 6.18 Å². The van der Waals surface area contributed by atoms with Crippen LogP contribution in [0.5, 0.6) is 0 Å². The Labute approximate surface area is 118 Å². The highest BCUT2D eigenvalue weighted by Crippen LogP contribution is 2.25. The number of aromatic nitrogens is 2. The average molecular weight is 311 g/mol. The van der Waals surface area contributed by atoms with Gasteiger partial charge in [-0.05, 0) is 6.92 Å². The van der Waals surface area contributed by atoms with Crippen molar-refractivity contribution >= 4 is 17.3 Å². The number of nitrogens with one attached hydrogen (secondary N) is 1. The minimum atomic E-state index is -4.21. The Morgan fingerprint density at radius 1 is 1.50 bits per heavy atom. The number of H-pyrrole nitrogens is 1. The van der Waals surface area contributed by atoms with Crippen molar-refractivity contribution in [1.82, 2.24) is 15.1 Å². The van der Waals surface area contributed by atoms with Crippen molar-refractivity contribution in [2.24, 2.45) is 0 Å². The van der Waals surface area contributed by atoms with E-state index in [4.69, 9.17) is 11.6 Å². The largest absolute Gasteiger partial charge is 0.401 e. The van der Waals surface area contributed by atoms with E-state index in [-0.39, 0.29) is 17.6 Å². The molecule has 9 heteroatoms. The summed E-state index contributed by atoms with van der Waals surface area (Å²) < 4.78 is 37.3. The highest BCUT2D eigenvalue weighted by atomic mass is 35.5. The number of aromatic amines is 1. The fraction of sp³-hybridized carbons (Fsp3) is 0.636. The van der Waals surface area contributed by atoms with Gasteiger partial charge in [0.05, 0.1) is 18.4 Å². The molecule has 1 aromatic heterocycles. The molecular weight excluding hydrogens is 297 g/mol. The first-order chi connectivity index (χ1) is 9.28. The molecule has 1 unspecified atom stereocenters. The van der Waals surface area contributed by atoms with E-state index in [0.717, 1.165) is 0 Å². The zero-order valence-electron chi connectivity index (χ0n) is 10.7. The van der Waals surface area contributed by atoms with Crippen molar-refractivity contribution in [3.05, 3.63) is 21.6 Å². The van der Waals surface area contributed by atoms with Crippen LogP contribution in [0.25, 0.3) is 0 Å². The van der Waals surface area contributed by atoms with E-state index in [1.807, 2.05) is 0 Å². The second-order valence-corrected chi connectivity index (χ2v) is 5.16. The van der Waals surface area contributed by atoms with Crippen LogP contribution in [0.15, 0.2) is 11.0 Å². The third kappa shape index (κ3) is 3.43. The minimum absolute atomic E-state index is 0.0106. The molecule has 1 N–H and O–H groups in total. The van der Waals surface area contributed by atoms with Crippen LogP contribution < -0.4 is 10.5 Å². The molecule has 1 fully saturated rings. The molecule has 1 aliphatic heterocycles. The molecule has 1 atom stereocenters. The Morgan fingerprint density at radius 2 is 2.20 bits per heavy atom. The molecule has 20 heavy (non-hydrogen) atoms. The number of alkyl halides is 3. The van der Waals surface area contributed by atoms with Gasteiger partial charge in [0.1, 0.15) is 5.02 Å². The number of halogens is 4. The predicted molar refractivity (Wildman–Crippen MR) is 69.2 cm³/mol. The Morgan fingerprint density at radius 3 is 2.80 bits per heavy atom. The second kappa shape index (κ2) is 5.61.